The van der Waals surface area contributed by atoms with E-state index in [2.05, 4.69) is 4.18 Å². The molecule has 0 aliphatic rings. The highest BCUT2D eigenvalue weighted by Crippen LogP contribution is 2.29. The van der Waals surface area contributed by atoms with Crippen molar-refractivity contribution in [3.8, 4) is 5.75 Å². The maximum Gasteiger partial charge on any atom is 0.380 e. The molecule has 2 amide bonds. The minimum absolute atomic E-state index is 0.111. The number of primary amides is 1. The number of nitrogens with two attached hydrogens (primary N) is 2. The zero-order chi connectivity index (χ0) is 17.2. The van der Waals surface area contributed by atoms with E-state index in [1.165, 1.54) is 24.3 Å². The van der Waals surface area contributed by atoms with E-state index in [4.69, 9.17) is 10.9 Å². The second kappa shape index (κ2) is 6.18. The van der Waals surface area contributed by atoms with Crippen LogP contribution in [-0.2, 0) is 10.3 Å². The van der Waals surface area contributed by atoms with Gasteiger partial charge in [-0.25, -0.2) is 13.6 Å². The Kier molecular flexibility index (Phi) is 4.48. The lowest BCUT2D eigenvalue weighted by Crippen LogP contribution is -2.32. The number of benzene rings is 2. The minimum atomic E-state index is -4.20. The predicted molar refractivity (Wildman–Crippen MR) is 78.3 cm³/mol. The van der Waals surface area contributed by atoms with Gasteiger partial charge in [-0.2, -0.15) is 13.6 Å². The van der Waals surface area contributed by atoms with Crippen LogP contribution in [0.1, 0.15) is 0 Å². The van der Waals surface area contributed by atoms with Crippen LogP contribution in [0.5, 0.6) is 5.75 Å². The molecule has 0 saturated heterocycles. The summed E-state index contributed by atoms with van der Waals surface area (Å²) < 4.78 is 52.9. The van der Waals surface area contributed by atoms with Crippen molar-refractivity contribution in [3.63, 3.8) is 0 Å². The average molecular weight is 343 g/mol. The predicted octanol–water partition coefficient (Wildman–Crippen LogP) is 1.76. The zero-order valence-electron chi connectivity index (χ0n) is 11.4. The Balaban J connectivity index is 2.40. The molecular weight excluding hydrogens is 332 g/mol. The summed E-state index contributed by atoms with van der Waals surface area (Å²) in [5, 5.41) is 4.72. The number of carbonyl (C=O) groups is 1. The van der Waals surface area contributed by atoms with E-state index in [9.17, 15) is 22.0 Å². The summed E-state index contributed by atoms with van der Waals surface area (Å²) in [7, 11) is -4.20. The van der Waals surface area contributed by atoms with Gasteiger partial charge in [0.15, 0.2) is 0 Å². The summed E-state index contributed by atoms with van der Waals surface area (Å²) >= 11 is 0. The van der Waals surface area contributed by atoms with Crippen LogP contribution >= 0.6 is 0 Å². The topological polar surface area (TPSA) is 116 Å². The van der Waals surface area contributed by atoms with Crippen LogP contribution in [0.25, 0.3) is 0 Å². The second-order valence-corrected chi connectivity index (χ2v) is 5.49. The lowest BCUT2D eigenvalue weighted by atomic mass is 10.2. The van der Waals surface area contributed by atoms with E-state index in [-0.39, 0.29) is 17.1 Å². The SMILES string of the molecule is NC(=O)N(c1ccc(OS(N)(=O)=O)cc1)c1ccc(F)cc1F. The van der Waals surface area contributed by atoms with Crippen molar-refractivity contribution < 1.29 is 26.2 Å². The fraction of sp³-hybridized carbons (Fsp3) is 0. The Morgan fingerprint density at radius 1 is 1.09 bits per heavy atom. The van der Waals surface area contributed by atoms with E-state index >= 15 is 0 Å². The van der Waals surface area contributed by atoms with Gasteiger partial charge < -0.3 is 9.92 Å². The van der Waals surface area contributed by atoms with Crippen LogP contribution in [0.3, 0.4) is 0 Å². The molecule has 0 unspecified atom stereocenters. The van der Waals surface area contributed by atoms with Gasteiger partial charge in [-0.05, 0) is 36.4 Å². The van der Waals surface area contributed by atoms with Crippen molar-refractivity contribution in [2.45, 2.75) is 0 Å². The first kappa shape index (κ1) is 16.6. The highest BCUT2D eigenvalue weighted by atomic mass is 32.2. The average Bonchev–Trinajstić information content (AvgIpc) is 2.41. The lowest BCUT2D eigenvalue weighted by molar-refractivity contribution is 0.256. The number of halogens is 2. The highest BCUT2D eigenvalue weighted by molar-refractivity contribution is 7.84. The van der Waals surface area contributed by atoms with Gasteiger partial charge in [-0.1, -0.05) is 0 Å². The Hall–Kier alpha value is -2.72. The molecule has 0 radical (unpaired) electrons. The van der Waals surface area contributed by atoms with Crippen molar-refractivity contribution in [3.05, 3.63) is 54.1 Å². The quantitative estimate of drug-likeness (QED) is 0.880. The molecule has 0 atom stereocenters. The van der Waals surface area contributed by atoms with E-state index in [0.717, 1.165) is 17.0 Å². The first-order valence-corrected chi connectivity index (χ1v) is 7.51. The molecule has 10 heteroatoms. The number of rotatable bonds is 4. The molecule has 0 aliphatic heterocycles. The van der Waals surface area contributed by atoms with Crippen LogP contribution < -0.4 is 20.0 Å². The van der Waals surface area contributed by atoms with Gasteiger partial charge in [0.2, 0.25) is 0 Å². The third-order valence-electron chi connectivity index (χ3n) is 2.68. The maximum atomic E-state index is 13.8. The zero-order valence-corrected chi connectivity index (χ0v) is 12.3. The van der Waals surface area contributed by atoms with Crippen molar-refractivity contribution in [1.82, 2.24) is 0 Å². The van der Waals surface area contributed by atoms with Gasteiger partial charge in [-0.15, -0.1) is 0 Å². The van der Waals surface area contributed by atoms with Crippen LogP contribution in [0.2, 0.25) is 0 Å². The van der Waals surface area contributed by atoms with Crippen LogP contribution in [0, 0.1) is 11.6 Å². The van der Waals surface area contributed by atoms with Gasteiger partial charge in [0.25, 0.3) is 0 Å². The molecule has 0 bridgehead atoms. The summed E-state index contributed by atoms with van der Waals surface area (Å²) in [6.07, 6.45) is 0. The third kappa shape index (κ3) is 4.14. The Bertz CT molecular complexity index is 841. The molecule has 23 heavy (non-hydrogen) atoms. The van der Waals surface area contributed by atoms with Crippen molar-refractivity contribution >= 4 is 27.7 Å². The molecule has 0 saturated carbocycles. The molecular formula is C13H11F2N3O4S. The molecule has 7 nitrogen and oxygen atoms in total. The Labute approximate surface area is 130 Å². The molecule has 2 aromatic rings. The number of anilines is 2. The van der Waals surface area contributed by atoms with E-state index in [0.29, 0.717) is 6.07 Å². The van der Waals surface area contributed by atoms with Gasteiger partial charge in [-0.3, -0.25) is 4.90 Å². The summed E-state index contributed by atoms with van der Waals surface area (Å²) in [5.41, 5.74) is 5.08. The van der Waals surface area contributed by atoms with Gasteiger partial charge >= 0.3 is 16.3 Å². The number of nitrogens with zero attached hydrogens (tertiary/aromatic N) is 1. The number of hydrogen-bond acceptors (Lipinski definition) is 4. The molecule has 2 aromatic carbocycles. The summed E-state index contributed by atoms with van der Waals surface area (Å²) in [4.78, 5) is 12.4. The Morgan fingerprint density at radius 3 is 2.17 bits per heavy atom. The monoisotopic (exact) mass is 343 g/mol. The minimum Gasteiger partial charge on any atom is -0.371 e. The van der Waals surface area contributed by atoms with E-state index in [1.54, 1.807) is 0 Å². The number of carbonyl (C=O) groups excluding carboxylic acids is 1. The molecule has 0 aliphatic carbocycles. The van der Waals surface area contributed by atoms with E-state index in [1.807, 2.05) is 0 Å². The van der Waals surface area contributed by atoms with Gasteiger partial charge in [0, 0.05) is 6.07 Å². The largest absolute Gasteiger partial charge is 0.380 e. The molecule has 0 fully saturated rings. The molecule has 0 heterocycles. The molecule has 0 spiro atoms. The normalized spacial score (nSPS) is 11.1. The third-order valence-corrected chi connectivity index (χ3v) is 3.10. The second-order valence-electron chi connectivity index (χ2n) is 4.34. The van der Waals surface area contributed by atoms with Crippen LogP contribution in [-0.4, -0.2) is 14.4 Å². The van der Waals surface area contributed by atoms with Crippen molar-refractivity contribution in [2.24, 2.45) is 10.9 Å². The Morgan fingerprint density at radius 2 is 1.70 bits per heavy atom. The van der Waals surface area contributed by atoms with Crippen molar-refractivity contribution in [2.75, 3.05) is 4.90 Å². The first-order valence-electron chi connectivity index (χ1n) is 6.04. The molecule has 2 rings (SSSR count). The maximum absolute atomic E-state index is 13.8. The van der Waals surface area contributed by atoms with Crippen LogP contribution in [0.15, 0.2) is 42.5 Å². The van der Waals surface area contributed by atoms with Crippen molar-refractivity contribution in [1.29, 1.82) is 0 Å². The van der Waals surface area contributed by atoms with Crippen LogP contribution in [0.4, 0.5) is 25.0 Å². The molecule has 122 valence electrons. The fourth-order valence-electron chi connectivity index (χ4n) is 1.83. The summed E-state index contributed by atoms with van der Waals surface area (Å²) in [5.74, 6) is -1.92. The first-order chi connectivity index (χ1) is 10.7. The molecule has 0 aromatic heterocycles. The van der Waals surface area contributed by atoms with E-state index < -0.39 is 28.0 Å². The standard InChI is InChI=1S/C13H11F2N3O4S/c14-8-1-6-12(11(15)7-8)18(13(16)19)9-2-4-10(5-3-9)22-23(17,20)21/h1-7H,(H2,16,19)(H2,17,20,21). The lowest BCUT2D eigenvalue weighted by Gasteiger charge is -2.21. The fourth-order valence-corrected chi connectivity index (χ4v) is 2.21. The molecule has 4 N–H and O–H groups in total. The van der Waals surface area contributed by atoms with Gasteiger partial charge in [0.05, 0.1) is 11.4 Å². The highest BCUT2D eigenvalue weighted by Gasteiger charge is 2.19. The summed E-state index contributed by atoms with van der Waals surface area (Å²) in [6.45, 7) is 0. The van der Waals surface area contributed by atoms with Gasteiger partial charge in [0.1, 0.15) is 17.4 Å². The number of hydrogen-bond donors (Lipinski definition) is 2. The number of amides is 2. The summed E-state index contributed by atoms with van der Waals surface area (Å²) in [6, 6.07) is 6.49. The smallest absolute Gasteiger partial charge is 0.371 e. The number of urea groups is 1.